The highest BCUT2D eigenvalue weighted by atomic mass is 16.3. The molecule has 4 rings (SSSR count). The van der Waals surface area contributed by atoms with Gasteiger partial charge in [0.2, 0.25) is 0 Å². The lowest BCUT2D eigenvalue weighted by Gasteiger charge is -2.40. The van der Waals surface area contributed by atoms with Gasteiger partial charge in [0.05, 0.1) is 11.6 Å². The molecule has 20 heavy (non-hydrogen) atoms. The molecule has 1 aromatic heterocycles. The standard InChI is InChI=1S/C17H20N2O/c1-12-7-3-4-8-14(12)19-13(2)15-16(18-11-20-15)17(19)9-5-6-10-17/h3-4,7-8,11,13H,5-6,9-10H2,1-2H3. The number of benzene rings is 1. The van der Waals surface area contributed by atoms with Gasteiger partial charge in [-0.3, -0.25) is 0 Å². The minimum absolute atomic E-state index is 0.0634. The average molecular weight is 268 g/mol. The van der Waals surface area contributed by atoms with E-state index in [1.807, 2.05) is 0 Å². The smallest absolute Gasteiger partial charge is 0.181 e. The fourth-order valence-corrected chi connectivity index (χ4v) is 4.21. The van der Waals surface area contributed by atoms with Gasteiger partial charge >= 0.3 is 0 Å². The molecule has 0 radical (unpaired) electrons. The van der Waals surface area contributed by atoms with Gasteiger partial charge in [-0.25, -0.2) is 4.98 Å². The number of aromatic nitrogens is 1. The highest BCUT2D eigenvalue weighted by molar-refractivity contribution is 5.61. The van der Waals surface area contributed by atoms with Crippen LogP contribution in [0.2, 0.25) is 0 Å². The summed E-state index contributed by atoms with van der Waals surface area (Å²) in [7, 11) is 0. The second-order valence-electron chi connectivity index (χ2n) is 6.14. The lowest BCUT2D eigenvalue weighted by atomic mass is 9.93. The van der Waals surface area contributed by atoms with Gasteiger partial charge in [-0.1, -0.05) is 31.0 Å². The Morgan fingerprint density at radius 2 is 2.00 bits per heavy atom. The molecule has 1 atom stereocenters. The number of aryl methyl sites for hydroxylation is 1. The average Bonchev–Trinajstić information content (AvgIpc) is 3.12. The summed E-state index contributed by atoms with van der Waals surface area (Å²) in [5.74, 6) is 1.06. The monoisotopic (exact) mass is 268 g/mol. The second kappa shape index (κ2) is 4.11. The molecular formula is C17H20N2O. The third kappa shape index (κ3) is 1.38. The van der Waals surface area contributed by atoms with Crippen molar-refractivity contribution in [1.82, 2.24) is 4.98 Å². The zero-order valence-corrected chi connectivity index (χ0v) is 12.1. The van der Waals surface area contributed by atoms with Crippen LogP contribution in [0.15, 0.2) is 35.1 Å². The molecule has 2 heterocycles. The maximum absolute atomic E-state index is 5.71. The maximum Gasteiger partial charge on any atom is 0.181 e. The first-order valence-corrected chi connectivity index (χ1v) is 7.53. The van der Waals surface area contributed by atoms with Crippen LogP contribution in [0, 0.1) is 6.92 Å². The van der Waals surface area contributed by atoms with Crippen molar-refractivity contribution in [3.05, 3.63) is 47.7 Å². The zero-order chi connectivity index (χ0) is 13.7. The molecule has 0 amide bonds. The van der Waals surface area contributed by atoms with Gasteiger partial charge in [0.25, 0.3) is 0 Å². The van der Waals surface area contributed by atoms with E-state index in [1.165, 1.54) is 42.6 Å². The largest absolute Gasteiger partial charge is 0.446 e. The Kier molecular flexibility index (Phi) is 2.47. The summed E-state index contributed by atoms with van der Waals surface area (Å²) in [6.45, 7) is 4.43. The fraction of sp³-hybridized carbons (Fsp3) is 0.471. The lowest BCUT2D eigenvalue weighted by Crippen LogP contribution is -2.41. The van der Waals surface area contributed by atoms with E-state index >= 15 is 0 Å². The molecule has 1 spiro atoms. The zero-order valence-electron chi connectivity index (χ0n) is 12.1. The maximum atomic E-state index is 5.71. The van der Waals surface area contributed by atoms with Crippen LogP contribution in [0.5, 0.6) is 0 Å². The van der Waals surface area contributed by atoms with E-state index in [4.69, 9.17) is 4.42 Å². The van der Waals surface area contributed by atoms with Crippen molar-refractivity contribution in [1.29, 1.82) is 0 Å². The molecule has 2 aliphatic rings. The molecule has 1 aliphatic heterocycles. The van der Waals surface area contributed by atoms with Crippen molar-refractivity contribution in [2.45, 2.75) is 51.1 Å². The van der Waals surface area contributed by atoms with Crippen LogP contribution >= 0.6 is 0 Å². The first-order valence-electron chi connectivity index (χ1n) is 7.53. The summed E-state index contributed by atoms with van der Waals surface area (Å²) in [5.41, 5.74) is 3.91. The van der Waals surface area contributed by atoms with Gasteiger partial charge in [0.1, 0.15) is 5.69 Å². The van der Waals surface area contributed by atoms with E-state index in [9.17, 15) is 0 Å². The Bertz CT molecular complexity index is 640. The van der Waals surface area contributed by atoms with E-state index in [-0.39, 0.29) is 11.6 Å². The van der Waals surface area contributed by atoms with Crippen molar-refractivity contribution < 1.29 is 4.42 Å². The van der Waals surface area contributed by atoms with Crippen molar-refractivity contribution in [3.63, 3.8) is 0 Å². The number of rotatable bonds is 1. The van der Waals surface area contributed by atoms with Crippen LogP contribution in [0.3, 0.4) is 0 Å². The van der Waals surface area contributed by atoms with Crippen LogP contribution in [-0.4, -0.2) is 4.98 Å². The van der Waals surface area contributed by atoms with Crippen molar-refractivity contribution in [2.75, 3.05) is 4.90 Å². The Morgan fingerprint density at radius 1 is 1.25 bits per heavy atom. The summed E-state index contributed by atoms with van der Waals surface area (Å²) in [4.78, 5) is 7.15. The number of fused-ring (bicyclic) bond motifs is 2. The Morgan fingerprint density at radius 3 is 2.75 bits per heavy atom. The summed E-state index contributed by atoms with van der Waals surface area (Å²) < 4.78 is 5.71. The molecule has 1 unspecified atom stereocenters. The number of anilines is 1. The molecule has 0 saturated heterocycles. The fourth-order valence-electron chi connectivity index (χ4n) is 4.21. The molecule has 1 aliphatic carbocycles. The van der Waals surface area contributed by atoms with E-state index in [0.29, 0.717) is 0 Å². The molecular weight excluding hydrogens is 248 g/mol. The minimum Gasteiger partial charge on any atom is -0.446 e. The van der Waals surface area contributed by atoms with E-state index in [0.717, 1.165) is 5.76 Å². The molecule has 0 N–H and O–H groups in total. The summed E-state index contributed by atoms with van der Waals surface area (Å²) in [5, 5.41) is 0. The molecule has 3 nitrogen and oxygen atoms in total. The van der Waals surface area contributed by atoms with Crippen LogP contribution in [0.4, 0.5) is 5.69 Å². The van der Waals surface area contributed by atoms with Crippen LogP contribution in [0.1, 0.15) is 55.7 Å². The van der Waals surface area contributed by atoms with E-state index in [2.05, 4.69) is 48.0 Å². The first kappa shape index (κ1) is 12.0. The summed E-state index contributed by atoms with van der Waals surface area (Å²) >= 11 is 0. The highest BCUT2D eigenvalue weighted by Crippen LogP contribution is 2.56. The van der Waals surface area contributed by atoms with Gasteiger partial charge in [-0.15, -0.1) is 0 Å². The molecule has 104 valence electrons. The van der Waals surface area contributed by atoms with Crippen molar-refractivity contribution in [2.24, 2.45) is 0 Å². The van der Waals surface area contributed by atoms with Crippen molar-refractivity contribution in [3.8, 4) is 0 Å². The van der Waals surface area contributed by atoms with Crippen LogP contribution in [0.25, 0.3) is 0 Å². The molecule has 1 saturated carbocycles. The summed E-state index contributed by atoms with van der Waals surface area (Å²) in [6, 6.07) is 8.93. The minimum atomic E-state index is 0.0634. The number of hydrogen-bond acceptors (Lipinski definition) is 3. The third-order valence-electron chi connectivity index (χ3n) is 5.07. The predicted octanol–water partition coefficient (Wildman–Crippen LogP) is 4.33. The number of nitrogens with zero attached hydrogens (tertiary/aromatic N) is 2. The third-order valence-corrected chi connectivity index (χ3v) is 5.07. The summed E-state index contributed by atoms with van der Waals surface area (Å²) in [6.07, 6.45) is 6.55. The van der Waals surface area contributed by atoms with Gasteiger partial charge in [0.15, 0.2) is 12.2 Å². The Hall–Kier alpha value is -1.77. The topological polar surface area (TPSA) is 29.3 Å². The number of oxazole rings is 1. The molecule has 1 fully saturated rings. The van der Waals surface area contributed by atoms with Gasteiger partial charge < -0.3 is 9.32 Å². The van der Waals surface area contributed by atoms with E-state index < -0.39 is 0 Å². The normalized spacial score (nSPS) is 23.5. The quantitative estimate of drug-likeness (QED) is 0.770. The Balaban J connectivity index is 1.91. The highest BCUT2D eigenvalue weighted by Gasteiger charge is 2.53. The number of hydrogen-bond donors (Lipinski definition) is 0. The predicted molar refractivity (Wildman–Crippen MR) is 78.7 cm³/mol. The second-order valence-corrected chi connectivity index (χ2v) is 6.14. The van der Waals surface area contributed by atoms with E-state index in [1.54, 1.807) is 6.39 Å². The Labute approximate surface area is 119 Å². The SMILES string of the molecule is Cc1ccccc1N1C(C)c2ocnc2C12CCCC2. The lowest BCUT2D eigenvalue weighted by molar-refractivity contribution is 0.392. The van der Waals surface area contributed by atoms with Crippen LogP contribution < -0.4 is 4.90 Å². The molecule has 2 aromatic rings. The van der Waals surface area contributed by atoms with Crippen molar-refractivity contribution >= 4 is 5.69 Å². The van der Waals surface area contributed by atoms with Crippen LogP contribution in [-0.2, 0) is 5.54 Å². The number of para-hydroxylation sites is 1. The van der Waals surface area contributed by atoms with Gasteiger partial charge in [-0.2, -0.15) is 0 Å². The molecule has 1 aromatic carbocycles. The molecule has 3 heteroatoms. The van der Waals surface area contributed by atoms with Gasteiger partial charge in [0, 0.05) is 5.69 Å². The molecule has 0 bridgehead atoms. The first-order chi connectivity index (χ1) is 9.74. The van der Waals surface area contributed by atoms with Gasteiger partial charge in [-0.05, 0) is 38.3 Å².